The normalized spacial score (nSPS) is 11.8. The largest absolute Gasteiger partial charge is 0.741 e. The van der Waals surface area contributed by atoms with Crippen LogP contribution < -0.4 is 11.5 Å². The van der Waals surface area contributed by atoms with E-state index in [1.165, 1.54) is 24.6 Å². The van der Waals surface area contributed by atoms with Gasteiger partial charge >= 0.3 is 0 Å². The van der Waals surface area contributed by atoms with Gasteiger partial charge in [-0.3, -0.25) is 0 Å². The quantitative estimate of drug-likeness (QED) is 0.163. The number of nitrogens with two attached hydrogens (primary N) is 2. The van der Waals surface area contributed by atoms with Crippen molar-refractivity contribution in [3.63, 3.8) is 0 Å². The molecular weight excluding hydrogens is 499 g/mol. The molecular formula is C16H14Cl2FeN6O2S2-2. The number of nitrogens with zero attached hydrogens (tertiary/aromatic N) is 4. The van der Waals surface area contributed by atoms with Crippen molar-refractivity contribution in [1.29, 1.82) is 0 Å². The Hall–Kier alpha value is -2.14. The third-order valence-corrected chi connectivity index (χ3v) is 3.32. The first kappa shape index (κ1) is 26.9. The minimum atomic E-state index is -0.0669. The van der Waals surface area contributed by atoms with E-state index in [1.54, 1.807) is 24.3 Å². The molecule has 2 aromatic carbocycles. The predicted octanol–water partition coefficient (Wildman–Crippen LogP) is 2.48. The Balaban J connectivity index is 0.000000523. The average molecular weight is 513 g/mol. The van der Waals surface area contributed by atoms with E-state index in [1.807, 2.05) is 0 Å². The molecule has 0 aliphatic heterocycles. The molecule has 0 amide bonds. The molecule has 2 rings (SSSR count). The summed E-state index contributed by atoms with van der Waals surface area (Å²) in [6.07, 6.45) is 2.64. The van der Waals surface area contributed by atoms with Gasteiger partial charge in [0.1, 0.15) is 11.5 Å². The Kier molecular flexibility index (Phi) is 12.9. The smallest absolute Gasteiger partial charge is 0.124 e. The van der Waals surface area contributed by atoms with E-state index in [0.717, 1.165) is 0 Å². The zero-order valence-electron chi connectivity index (χ0n) is 14.4. The van der Waals surface area contributed by atoms with E-state index in [0.29, 0.717) is 21.2 Å². The summed E-state index contributed by atoms with van der Waals surface area (Å²) in [5.41, 5.74) is 11.1. The Morgan fingerprint density at radius 2 is 1.14 bits per heavy atom. The van der Waals surface area contributed by atoms with Crippen LogP contribution in [-0.4, -0.2) is 33.0 Å². The first-order valence-corrected chi connectivity index (χ1v) is 8.80. The summed E-state index contributed by atoms with van der Waals surface area (Å²) >= 11 is 20.4. The van der Waals surface area contributed by atoms with Crippen molar-refractivity contribution in [1.82, 2.24) is 0 Å². The Bertz CT molecular complexity index is 858. The molecule has 0 aromatic heterocycles. The average Bonchev–Trinajstić information content (AvgIpc) is 2.61. The molecule has 8 nitrogen and oxygen atoms in total. The van der Waals surface area contributed by atoms with Gasteiger partial charge in [0.25, 0.3) is 0 Å². The van der Waals surface area contributed by atoms with Gasteiger partial charge in [0.15, 0.2) is 0 Å². The maximum atomic E-state index is 9.34. The van der Waals surface area contributed by atoms with Gasteiger partial charge in [0.2, 0.25) is 0 Å². The SMILES string of the molecule is NC([S-])=NN=Cc1cc(Cl)ccc1O.NC([S-])=NN=Cc1cc(Cl)ccc1O.[Fe]. The Morgan fingerprint density at radius 3 is 1.45 bits per heavy atom. The van der Waals surface area contributed by atoms with Gasteiger partial charge in [-0.25, -0.2) is 0 Å². The fourth-order valence-electron chi connectivity index (χ4n) is 1.55. The Labute approximate surface area is 198 Å². The number of halogens is 2. The summed E-state index contributed by atoms with van der Waals surface area (Å²) in [7, 11) is 0. The summed E-state index contributed by atoms with van der Waals surface area (Å²) in [6, 6.07) is 9.16. The molecule has 0 bridgehead atoms. The van der Waals surface area contributed by atoms with Gasteiger partial charge in [-0.15, -0.1) is 0 Å². The van der Waals surface area contributed by atoms with E-state index >= 15 is 0 Å². The maximum absolute atomic E-state index is 9.34. The van der Waals surface area contributed by atoms with Crippen LogP contribution in [0.2, 0.25) is 10.0 Å². The fraction of sp³-hybridized carbons (Fsp3) is 0. The third kappa shape index (κ3) is 11.4. The van der Waals surface area contributed by atoms with Gasteiger partial charge in [-0.05, 0) is 46.7 Å². The van der Waals surface area contributed by atoms with Crippen LogP contribution in [0, 0.1) is 0 Å². The molecule has 156 valence electrons. The molecule has 0 aliphatic rings. The molecule has 2 aromatic rings. The van der Waals surface area contributed by atoms with Crippen molar-refractivity contribution in [3.8, 4) is 11.5 Å². The minimum absolute atomic E-state index is 0. The van der Waals surface area contributed by atoms with Crippen LogP contribution in [0.25, 0.3) is 0 Å². The zero-order valence-corrected chi connectivity index (χ0v) is 18.6. The number of phenolic OH excluding ortho intramolecular Hbond substituents is 2. The van der Waals surface area contributed by atoms with Crippen LogP contribution in [-0.2, 0) is 42.3 Å². The van der Waals surface area contributed by atoms with Crippen molar-refractivity contribution < 1.29 is 27.3 Å². The van der Waals surface area contributed by atoms with Gasteiger partial charge in [-0.1, -0.05) is 23.2 Å². The van der Waals surface area contributed by atoms with Crippen molar-refractivity contribution in [2.45, 2.75) is 0 Å². The molecule has 0 spiro atoms. The minimum Gasteiger partial charge on any atom is -0.741 e. The van der Waals surface area contributed by atoms with E-state index in [9.17, 15) is 10.2 Å². The van der Waals surface area contributed by atoms with Crippen LogP contribution in [0.15, 0.2) is 56.8 Å². The van der Waals surface area contributed by atoms with Gasteiger partial charge < -0.3 is 46.9 Å². The van der Waals surface area contributed by atoms with Crippen LogP contribution in [0.3, 0.4) is 0 Å². The van der Waals surface area contributed by atoms with Crippen molar-refractivity contribution in [2.75, 3.05) is 0 Å². The van der Waals surface area contributed by atoms with Gasteiger partial charge in [0.05, 0.1) is 12.4 Å². The monoisotopic (exact) mass is 512 g/mol. The molecule has 0 fully saturated rings. The van der Waals surface area contributed by atoms with Crippen LogP contribution >= 0.6 is 23.2 Å². The summed E-state index contributed by atoms with van der Waals surface area (Å²) in [6.45, 7) is 0. The first-order chi connectivity index (χ1) is 13.2. The van der Waals surface area contributed by atoms with Crippen molar-refractivity contribution in [2.24, 2.45) is 31.9 Å². The molecule has 0 saturated carbocycles. The van der Waals surface area contributed by atoms with E-state index in [2.05, 4.69) is 45.7 Å². The molecule has 0 atom stereocenters. The molecule has 0 radical (unpaired) electrons. The van der Waals surface area contributed by atoms with Crippen LogP contribution in [0.1, 0.15) is 11.1 Å². The number of amidine groups is 2. The van der Waals surface area contributed by atoms with E-state index < -0.39 is 0 Å². The van der Waals surface area contributed by atoms with Gasteiger partial charge in [-0.2, -0.15) is 20.4 Å². The number of hydrogen-bond acceptors (Lipinski definition) is 8. The molecule has 0 saturated heterocycles. The second kappa shape index (κ2) is 13.9. The molecule has 13 heteroatoms. The number of rotatable bonds is 4. The topological polar surface area (TPSA) is 142 Å². The number of aromatic hydroxyl groups is 2. The fourth-order valence-corrected chi connectivity index (χ4v) is 2.01. The molecule has 29 heavy (non-hydrogen) atoms. The number of benzene rings is 2. The standard InChI is InChI=1S/2C8H8ClN3OS.Fe/c2*9-6-1-2-7(13)5(3-6)4-11-12-8(10)14;/h2*1-4,13H,(H3,10,12,14);/p-2. The third-order valence-electron chi connectivity index (χ3n) is 2.69. The second-order valence-corrected chi connectivity index (χ2v) is 6.48. The second-order valence-electron chi connectivity index (χ2n) is 4.77. The zero-order chi connectivity index (χ0) is 21.1. The summed E-state index contributed by atoms with van der Waals surface area (Å²) in [5, 5.41) is 33.5. The number of phenols is 2. The molecule has 0 unspecified atom stereocenters. The van der Waals surface area contributed by atoms with Gasteiger partial charge in [0, 0.05) is 38.2 Å². The summed E-state index contributed by atoms with van der Waals surface area (Å²) in [5.74, 6) is 0.132. The summed E-state index contributed by atoms with van der Waals surface area (Å²) < 4.78 is 0. The van der Waals surface area contributed by atoms with Crippen LogP contribution in [0.4, 0.5) is 0 Å². The predicted molar refractivity (Wildman–Crippen MR) is 119 cm³/mol. The van der Waals surface area contributed by atoms with Crippen molar-refractivity contribution >= 4 is 71.2 Å². The van der Waals surface area contributed by atoms with Crippen LogP contribution in [0.5, 0.6) is 11.5 Å². The maximum Gasteiger partial charge on any atom is 0.124 e. The Morgan fingerprint density at radius 1 is 0.793 bits per heavy atom. The molecule has 0 heterocycles. The summed E-state index contributed by atoms with van der Waals surface area (Å²) in [4.78, 5) is 0. The number of hydrogen-bond donors (Lipinski definition) is 4. The molecule has 0 aliphatic carbocycles. The van der Waals surface area contributed by atoms with Crippen molar-refractivity contribution in [3.05, 3.63) is 57.6 Å². The van der Waals surface area contributed by atoms with E-state index in [4.69, 9.17) is 34.7 Å². The molecule has 6 N–H and O–H groups in total. The first-order valence-electron chi connectivity index (χ1n) is 7.23. The van der Waals surface area contributed by atoms with E-state index in [-0.39, 0.29) is 38.9 Å².